The van der Waals surface area contributed by atoms with Crippen molar-refractivity contribution in [1.29, 1.82) is 0 Å². The van der Waals surface area contributed by atoms with E-state index in [9.17, 15) is 9.59 Å². The smallest absolute Gasteiger partial charge is 0.266 e. The Morgan fingerprint density at radius 1 is 1.28 bits per heavy atom. The van der Waals surface area contributed by atoms with E-state index in [4.69, 9.17) is 12.2 Å². The molecule has 7 heteroatoms. The monoisotopic (exact) mass is 388 g/mol. The van der Waals surface area contributed by atoms with Gasteiger partial charge < -0.3 is 5.32 Å². The van der Waals surface area contributed by atoms with E-state index in [0.717, 1.165) is 21.7 Å². The van der Waals surface area contributed by atoms with E-state index in [1.165, 1.54) is 16.7 Å². The molecule has 2 amide bonds. The number of nitrogens with zero attached hydrogens (tertiary/aromatic N) is 1. The molecule has 1 aliphatic rings. The summed E-state index contributed by atoms with van der Waals surface area (Å²) in [5.74, 6) is -0.484. The second-order valence-electron chi connectivity index (χ2n) is 5.58. The van der Waals surface area contributed by atoms with Gasteiger partial charge in [-0.3, -0.25) is 14.5 Å². The van der Waals surface area contributed by atoms with E-state index in [0.29, 0.717) is 9.23 Å². The molecule has 4 nitrogen and oxygen atoms in total. The summed E-state index contributed by atoms with van der Waals surface area (Å²) in [5.41, 5.74) is 2.87. The van der Waals surface area contributed by atoms with E-state index < -0.39 is 0 Å². The zero-order valence-electron chi connectivity index (χ0n) is 13.7. The number of anilines is 1. The highest BCUT2D eigenvalue weighted by Gasteiger charge is 2.33. The Bertz CT molecular complexity index is 872. The number of carbonyl (C=O) groups is 2. The first kappa shape index (κ1) is 17.8. The van der Waals surface area contributed by atoms with Crippen LogP contribution in [-0.2, 0) is 9.59 Å². The Labute approximate surface area is 159 Å². The summed E-state index contributed by atoms with van der Waals surface area (Å²) in [7, 11) is 0. The van der Waals surface area contributed by atoms with Gasteiger partial charge in [0, 0.05) is 10.6 Å². The minimum Gasteiger partial charge on any atom is -0.324 e. The van der Waals surface area contributed by atoms with Crippen LogP contribution < -0.4 is 5.32 Å². The Kier molecular flexibility index (Phi) is 5.36. The number of thiocarbonyl (C=S) groups is 1. The summed E-state index contributed by atoms with van der Waals surface area (Å²) in [6, 6.07) is 9.59. The van der Waals surface area contributed by atoms with Gasteiger partial charge in [0.15, 0.2) is 0 Å². The van der Waals surface area contributed by atoms with Crippen molar-refractivity contribution in [3.8, 4) is 0 Å². The Morgan fingerprint density at radius 2 is 2.08 bits per heavy atom. The minimum absolute atomic E-state index is 0.0835. The van der Waals surface area contributed by atoms with Crippen molar-refractivity contribution in [2.75, 3.05) is 11.9 Å². The van der Waals surface area contributed by atoms with Gasteiger partial charge in [0.05, 0.1) is 4.91 Å². The zero-order chi connectivity index (χ0) is 18.0. The van der Waals surface area contributed by atoms with Crippen molar-refractivity contribution in [1.82, 2.24) is 4.90 Å². The highest BCUT2D eigenvalue weighted by Crippen LogP contribution is 2.33. The average molecular weight is 389 g/mol. The third kappa shape index (κ3) is 4.00. The number of thioether (sulfide) groups is 1. The molecule has 0 saturated carbocycles. The highest BCUT2D eigenvalue weighted by molar-refractivity contribution is 8.26. The van der Waals surface area contributed by atoms with Gasteiger partial charge in [-0.25, -0.2) is 0 Å². The first-order valence-electron chi connectivity index (χ1n) is 7.60. The summed E-state index contributed by atoms with van der Waals surface area (Å²) in [4.78, 5) is 27.8. The molecule has 1 aliphatic heterocycles. The maximum Gasteiger partial charge on any atom is 0.266 e. The number of nitrogens with one attached hydrogen (secondary N) is 1. The van der Waals surface area contributed by atoms with Crippen LogP contribution in [0.1, 0.15) is 16.0 Å². The molecule has 2 heterocycles. The molecule has 3 rings (SSSR count). The largest absolute Gasteiger partial charge is 0.324 e. The first-order valence-corrected chi connectivity index (χ1v) is 9.71. The second kappa shape index (κ2) is 7.51. The van der Waals surface area contributed by atoms with Gasteiger partial charge in [-0.1, -0.05) is 42.2 Å². The Balaban J connectivity index is 1.70. The summed E-state index contributed by atoms with van der Waals surface area (Å²) in [5, 5.41) is 4.81. The van der Waals surface area contributed by atoms with Crippen LogP contribution in [0.5, 0.6) is 0 Å². The van der Waals surface area contributed by atoms with Crippen LogP contribution in [0.2, 0.25) is 0 Å². The minimum atomic E-state index is -0.262. The van der Waals surface area contributed by atoms with Gasteiger partial charge in [-0.2, -0.15) is 0 Å². The third-order valence-electron chi connectivity index (χ3n) is 3.87. The molecule has 1 aromatic heterocycles. The van der Waals surface area contributed by atoms with Crippen LogP contribution >= 0.6 is 35.3 Å². The lowest BCUT2D eigenvalue weighted by atomic mass is 10.1. The first-order chi connectivity index (χ1) is 12.0. The van der Waals surface area contributed by atoms with Crippen molar-refractivity contribution < 1.29 is 9.59 Å². The van der Waals surface area contributed by atoms with Crippen LogP contribution in [0, 0.1) is 13.8 Å². The molecule has 2 aromatic rings. The molecule has 0 atom stereocenters. The van der Waals surface area contributed by atoms with Gasteiger partial charge in [-0.05, 0) is 48.6 Å². The fourth-order valence-corrected chi connectivity index (χ4v) is 4.34. The third-order valence-corrected chi connectivity index (χ3v) is 6.07. The SMILES string of the molecule is Cc1cccc(NC(=O)CN2C(=O)/C(=C/c3cccs3)SC2=S)c1C. The van der Waals surface area contributed by atoms with E-state index in [1.807, 2.05) is 55.6 Å². The quantitative estimate of drug-likeness (QED) is 0.630. The van der Waals surface area contributed by atoms with Crippen LogP contribution in [0.25, 0.3) is 6.08 Å². The Morgan fingerprint density at radius 3 is 2.80 bits per heavy atom. The maximum absolute atomic E-state index is 12.5. The molecule has 0 spiro atoms. The van der Waals surface area contributed by atoms with Crippen LogP contribution in [0.15, 0.2) is 40.6 Å². The van der Waals surface area contributed by atoms with E-state index in [-0.39, 0.29) is 18.4 Å². The number of carbonyl (C=O) groups excluding carboxylic acids is 2. The zero-order valence-corrected chi connectivity index (χ0v) is 16.2. The predicted molar refractivity (Wildman–Crippen MR) is 109 cm³/mol. The number of hydrogen-bond acceptors (Lipinski definition) is 5. The van der Waals surface area contributed by atoms with E-state index >= 15 is 0 Å². The molecule has 128 valence electrons. The molecule has 0 radical (unpaired) electrons. The van der Waals surface area contributed by atoms with Crippen LogP contribution in [0.4, 0.5) is 5.69 Å². The maximum atomic E-state index is 12.5. The molecule has 0 bridgehead atoms. The number of hydrogen-bond donors (Lipinski definition) is 1. The molecule has 1 fully saturated rings. The van der Waals surface area contributed by atoms with Crippen molar-refractivity contribution in [2.45, 2.75) is 13.8 Å². The Hall–Kier alpha value is -1.96. The molecular weight excluding hydrogens is 372 g/mol. The molecule has 1 N–H and O–H groups in total. The standard InChI is InChI=1S/C18H16N2O2S3/c1-11-5-3-7-14(12(11)2)19-16(21)10-20-17(22)15(25-18(20)23)9-13-6-4-8-24-13/h3-9H,10H2,1-2H3,(H,19,21)/b15-9-. The van der Waals surface area contributed by atoms with Gasteiger partial charge >= 0.3 is 0 Å². The van der Waals surface area contributed by atoms with E-state index in [1.54, 1.807) is 11.3 Å². The molecule has 25 heavy (non-hydrogen) atoms. The lowest BCUT2D eigenvalue weighted by Gasteiger charge is -2.15. The summed E-state index contributed by atoms with van der Waals surface area (Å²) in [6.07, 6.45) is 1.81. The van der Waals surface area contributed by atoms with Crippen molar-refractivity contribution in [3.63, 3.8) is 0 Å². The fraction of sp³-hybridized carbons (Fsp3) is 0.167. The topological polar surface area (TPSA) is 49.4 Å². The normalized spacial score (nSPS) is 15.9. The highest BCUT2D eigenvalue weighted by atomic mass is 32.2. The molecule has 1 aromatic carbocycles. The summed E-state index contributed by atoms with van der Waals surface area (Å²) < 4.78 is 0.406. The van der Waals surface area contributed by atoms with Gasteiger partial charge in [-0.15, -0.1) is 11.3 Å². The van der Waals surface area contributed by atoms with E-state index in [2.05, 4.69) is 5.32 Å². The van der Waals surface area contributed by atoms with Crippen molar-refractivity contribution in [3.05, 3.63) is 56.6 Å². The number of aryl methyl sites for hydroxylation is 1. The fourth-order valence-electron chi connectivity index (χ4n) is 2.36. The van der Waals surface area contributed by atoms with Gasteiger partial charge in [0.1, 0.15) is 10.9 Å². The molecule has 0 unspecified atom stereocenters. The molecular formula is C18H16N2O2S3. The van der Waals surface area contributed by atoms with Crippen LogP contribution in [-0.4, -0.2) is 27.6 Å². The van der Waals surface area contributed by atoms with Gasteiger partial charge in [0.25, 0.3) is 5.91 Å². The average Bonchev–Trinajstić information content (AvgIpc) is 3.16. The van der Waals surface area contributed by atoms with Crippen LogP contribution in [0.3, 0.4) is 0 Å². The van der Waals surface area contributed by atoms with Crippen molar-refractivity contribution in [2.24, 2.45) is 0 Å². The number of amides is 2. The van der Waals surface area contributed by atoms with Gasteiger partial charge in [0.2, 0.25) is 5.91 Å². The summed E-state index contributed by atoms with van der Waals surface area (Å²) >= 11 is 8.05. The summed E-state index contributed by atoms with van der Waals surface area (Å²) in [6.45, 7) is 3.86. The lowest BCUT2D eigenvalue weighted by molar-refractivity contribution is -0.126. The number of benzene rings is 1. The number of rotatable bonds is 4. The van der Waals surface area contributed by atoms with Crippen molar-refractivity contribution >= 4 is 63.2 Å². The number of thiophene rings is 1. The predicted octanol–water partition coefficient (Wildman–Crippen LogP) is 4.20. The molecule has 0 aliphatic carbocycles. The lowest BCUT2D eigenvalue weighted by Crippen LogP contribution is -2.36. The second-order valence-corrected chi connectivity index (χ2v) is 8.23. The molecule has 1 saturated heterocycles.